The lowest BCUT2D eigenvalue weighted by Crippen LogP contribution is -2.29. The number of hydrogen-bond acceptors (Lipinski definition) is 3. The minimum absolute atomic E-state index is 0.128. The lowest BCUT2D eigenvalue weighted by Gasteiger charge is -2.27. The van der Waals surface area contributed by atoms with E-state index in [-0.39, 0.29) is 17.9 Å². The number of pyridine rings is 1. The van der Waals surface area contributed by atoms with E-state index in [4.69, 9.17) is 12.2 Å². The first-order chi connectivity index (χ1) is 11.8. The van der Waals surface area contributed by atoms with E-state index < -0.39 is 0 Å². The number of hydrogen-bond donors (Lipinski definition) is 1. The summed E-state index contributed by atoms with van der Waals surface area (Å²) in [6, 6.07) is 16.3. The van der Waals surface area contributed by atoms with Crippen molar-refractivity contribution in [1.82, 2.24) is 10.3 Å². The molecule has 0 aliphatic carbocycles. The van der Waals surface area contributed by atoms with Gasteiger partial charge in [0.1, 0.15) is 5.82 Å². The van der Waals surface area contributed by atoms with Crippen molar-refractivity contribution >= 4 is 34.4 Å². The second kappa shape index (κ2) is 6.30. The third-order valence-corrected chi connectivity index (χ3v) is 5.30. The molecule has 3 aromatic rings. The molecule has 24 heavy (non-hydrogen) atoms. The summed E-state index contributed by atoms with van der Waals surface area (Å²) in [5.41, 5.74) is 1.36. The number of nitrogens with one attached hydrogen (secondary N) is 1. The van der Waals surface area contributed by atoms with E-state index in [0.717, 1.165) is 10.6 Å². The van der Waals surface area contributed by atoms with Gasteiger partial charge in [-0.15, -0.1) is 11.3 Å². The second-order valence-electron chi connectivity index (χ2n) is 5.46. The molecule has 0 unspecified atom stereocenters. The van der Waals surface area contributed by atoms with E-state index in [1.54, 1.807) is 29.7 Å². The molecule has 0 spiro atoms. The van der Waals surface area contributed by atoms with Crippen LogP contribution in [0.1, 0.15) is 22.7 Å². The van der Waals surface area contributed by atoms with Gasteiger partial charge in [-0.2, -0.15) is 0 Å². The van der Waals surface area contributed by atoms with Gasteiger partial charge in [-0.25, -0.2) is 4.39 Å². The predicted molar refractivity (Wildman–Crippen MR) is 98.7 cm³/mol. The smallest absolute Gasteiger partial charge is 0.174 e. The largest absolute Gasteiger partial charge is 0.351 e. The molecular formula is C18H14FN3S2. The van der Waals surface area contributed by atoms with Crippen molar-refractivity contribution in [3.63, 3.8) is 0 Å². The molecule has 1 fully saturated rings. The van der Waals surface area contributed by atoms with E-state index in [9.17, 15) is 4.39 Å². The Balaban J connectivity index is 1.84. The first-order valence-electron chi connectivity index (χ1n) is 7.54. The van der Waals surface area contributed by atoms with Crippen LogP contribution in [0, 0.1) is 5.82 Å². The number of aromatic nitrogens is 1. The Kier molecular flexibility index (Phi) is 4.00. The molecular weight excluding hydrogens is 341 g/mol. The van der Waals surface area contributed by atoms with Crippen LogP contribution in [0.2, 0.25) is 0 Å². The summed E-state index contributed by atoms with van der Waals surface area (Å²) >= 11 is 7.17. The van der Waals surface area contributed by atoms with Gasteiger partial charge in [-0.1, -0.05) is 24.3 Å². The highest BCUT2D eigenvalue weighted by atomic mass is 32.1. The van der Waals surface area contributed by atoms with Crippen molar-refractivity contribution in [2.75, 3.05) is 4.90 Å². The fraction of sp³-hybridized carbons (Fsp3) is 0.111. The molecule has 0 saturated carbocycles. The Hall–Kier alpha value is -2.31. The number of rotatable bonds is 3. The highest BCUT2D eigenvalue weighted by Gasteiger charge is 2.41. The lowest BCUT2D eigenvalue weighted by molar-refractivity contribution is 0.565. The zero-order chi connectivity index (χ0) is 16.5. The summed E-state index contributed by atoms with van der Waals surface area (Å²) in [6.45, 7) is 0. The third-order valence-electron chi connectivity index (χ3n) is 4.04. The quantitative estimate of drug-likeness (QED) is 0.702. The maximum absolute atomic E-state index is 14.4. The van der Waals surface area contributed by atoms with Crippen LogP contribution < -0.4 is 10.2 Å². The molecule has 6 heteroatoms. The maximum atomic E-state index is 14.4. The van der Waals surface area contributed by atoms with Crippen LogP contribution in [0.4, 0.5) is 10.1 Å². The molecule has 0 radical (unpaired) electrons. The molecule has 0 bridgehead atoms. The van der Waals surface area contributed by atoms with Crippen molar-refractivity contribution in [2.24, 2.45) is 0 Å². The Morgan fingerprint density at radius 2 is 1.92 bits per heavy atom. The minimum Gasteiger partial charge on any atom is -0.351 e. The van der Waals surface area contributed by atoms with Crippen molar-refractivity contribution < 1.29 is 4.39 Å². The van der Waals surface area contributed by atoms with E-state index in [1.807, 2.05) is 40.6 Å². The SMILES string of the molecule is Fc1ccccc1N1C(=S)N[C@@H](c2ccccn2)[C@H]1c1cccs1. The number of para-hydroxylation sites is 1. The molecule has 1 aromatic carbocycles. The molecule has 1 saturated heterocycles. The van der Waals surface area contributed by atoms with Crippen LogP contribution in [0.25, 0.3) is 0 Å². The Morgan fingerprint density at radius 1 is 1.08 bits per heavy atom. The molecule has 1 aliphatic rings. The summed E-state index contributed by atoms with van der Waals surface area (Å²) in [6.07, 6.45) is 1.76. The molecule has 120 valence electrons. The highest BCUT2D eigenvalue weighted by molar-refractivity contribution is 7.80. The number of nitrogens with zero attached hydrogens (tertiary/aromatic N) is 2. The number of thiophene rings is 1. The fourth-order valence-electron chi connectivity index (χ4n) is 3.01. The second-order valence-corrected chi connectivity index (χ2v) is 6.83. The van der Waals surface area contributed by atoms with E-state index >= 15 is 0 Å². The van der Waals surface area contributed by atoms with Crippen LogP contribution in [-0.4, -0.2) is 10.1 Å². The van der Waals surface area contributed by atoms with Gasteiger partial charge in [0.05, 0.1) is 23.5 Å². The zero-order valence-electron chi connectivity index (χ0n) is 12.6. The summed E-state index contributed by atoms with van der Waals surface area (Å²) in [5.74, 6) is -0.287. The molecule has 3 nitrogen and oxygen atoms in total. The van der Waals surface area contributed by atoms with Crippen molar-refractivity contribution in [1.29, 1.82) is 0 Å². The van der Waals surface area contributed by atoms with E-state index in [2.05, 4.69) is 16.4 Å². The molecule has 1 N–H and O–H groups in total. The number of anilines is 1. The molecule has 3 heterocycles. The predicted octanol–water partition coefficient (Wildman–Crippen LogP) is 4.46. The molecule has 0 amide bonds. The molecule has 1 aliphatic heterocycles. The summed E-state index contributed by atoms with van der Waals surface area (Å²) < 4.78 is 14.4. The lowest BCUT2D eigenvalue weighted by atomic mass is 10.0. The van der Waals surface area contributed by atoms with Crippen LogP contribution in [0.15, 0.2) is 66.2 Å². The standard InChI is InChI=1S/C18H14FN3S2/c19-12-6-1-2-8-14(12)22-17(15-9-5-11-24-15)16(21-18(22)23)13-7-3-4-10-20-13/h1-11,16-17H,(H,21,23)/t16-,17+/m0/s1. The summed E-state index contributed by atoms with van der Waals surface area (Å²) in [5, 5.41) is 5.85. The van der Waals surface area contributed by atoms with Gasteiger partial charge in [0, 0.05) is 11.1 Å². The van der Waals surface area contributed by atoms with E-state index in [1.165, 1.54) is 6.07 Å². The van der Waals surface area contributed by atoms with Gasteiger partial charge in [0.25, 0.3) is 0 Å². The van der Waals surface area contributed by atoms with Crippen molar-refractivity contribution in [3.8, 4) is 0 Å². The van der Waals surface area contributed by atoms with Gasteiger partial charge in [-0.3, -0.25) is 4.98 Å². The molecule has 2 atom stereocenters. The van der Waals surface area contributed by atoms with Crippen molar-refractivity contribution in [3.05, 3.63) is 82.6 Å². The molecule has 2 aromatic heterocycles. The van der Waals surface area contributed by atoms with E-state index in [0.29, 0.717) is 10.8 Å². The monoisotopic (exact) mass is 355 g/mol. The number of benzene rings is 1. The average Bonchev–Trinajstić information content (AvgIpc) is 3.24. The van der Waals surface area contributed by atoms with Gasteiger partial charge in [-0.05, 0) is 47.9 Å². The fourth-order valence-corrected chi connectivity index (χ4v) is 4.20. The number of thiocarbonyl (C=S) groups is 1. The maximum Gasteiger partial charge on any atom is 0.174 e. The highest BCUT2D eigenvalue weighted by Crippen LogP contribution is 2.43. The Labute approximate surface area is 148 Å². The van der Waals surface area contributed by atoms with Crippen LogP contribution in [0.3, 0.4) is 0 Å². The van der Waals surface area contributed by atoms with Crippen molar-refractivity contribution in [2.45, 2.75) is 12.1 Å². The number of halogens is 1. The normalized spacial score (nSPS) is 20.2. The van der Waals surface area contributed by atoms with Crippen LogP contribution in [-0.2, 0) is 0 Å². The van der Waals surface area contributed by atoms with Crippen LogP contribution in [0.5, 0.6) is 0 Å². The summed E-state index contributed by atoms with van der Waals surface area (Å²) in [7, 11) is 0. The summed E-state index contributed by atoms with van der Waals surface area (Å²) in [4.78, 5) is 7.44. The van der Waals surface area contributed by atoms with Gasteiger partial charge in [0.2, 0.25) is 0 Å². The van der Waals surface area contributed by atoms with Gasteiger partial charge in [0.15, 0.2) is 5.11 Å². The average molecular weight is 355 g/mol. The zero-order valence-corrected chi connectivity index (χ0v) is 14.2. The topological polar surface area (TPSA) is 28.2 Å². The Morgan fingerprint density at radius 3 is 2.62 bits per heavy atom. The Bertz CT molecular complexity index is 852. The van der Waals surface area contributed by atoms with Gasteiger partial charge >= 0.3 is 0 Å². The first kappa shape index (κ1) is 15.2. The van der Waals surface area contributed by atoms with Crippen LogP contribution >= 0.6 is 23.6 Å². The third kappa shape index (κ3) is 2.57. The van der Waals surface area contributed by atoms with Gasteiger partial charge < -0.3 is 10.2 Å². The minimum atomic E-state index is -0.287. The first-order valence-corrected chi connectivity index (χ1v) is 8.83. The molecule has 4 rings (SSSR count).